The third-order valence-corrected chi connectivity index (χ3v) is 6.54. The molecule has 150 valence electrons. The fourth-order valence-corrected chi connectivity index (χ4v) is 4.34. The van der Waals surface area contributed by atoms with Crippen LogP contribution in [-0.2, 0) is 23.1 Å². The second-order valence-electron chi connectivity index (χ2n) is 7.01. The average molecular weight is 379 g/mol. The van der Waals surface area contributed by atoms with E-state index in [0.29, 0.717) is 6.61 Å². The Morgan fingerprint density at radius 2 is 1.72 bits per heavy atom. The fourth-order valence-electron chi connectivity index (χ4n) is 3.39. The zero-order valence-corrected chi connectivity index (χ0v) is 17.3. The maximum absolute atomic E-state index is 12.5. The van der Waals surface area contributed by atoms with Gasteiger partial charge in [-0.05, 0) is 6.42 Å². The molecule has 0 radical (unpaired) electrons. The highest BCUT2D eigenvalue weighted by atomic mass is 31.2. The van der Waals surface area contributed by atoms with Gasteiger partial charge in [0.25, 0.3) is 0 Å². The van der Waals surface area contributed by atoms with Crippen LogP contribution in [0, 0.1) is 5.92 Å². The highest BCUT2D eigenvalue weighted by Crippen LogP contribution is 2.49. The molecule has 1 aliphatic heterocycles. The maximum atomic E-state index is 12.5. The van der Waals surface area contributed by atoms with Gasteiger partial charge in [0.15, 0.2) is 0 Å². The van der Waals surface area contributed by atoms with E-state index in [-0.39, 0.29) is 24.4 Å². The Bertz CT molecular complexity index is 388. The summed E-state index contributed by atoms with van der Waals surface area (Å²) in [5.41, 5.74) is 5.59. The molecule has 0 aromatic rings. The molecule has 25 heavy (non-hydrogen) atoms. The fraction of sp³-hybridized carbons (Fsp3) is 1.00. The van der Waals surface area contributed by atoms with Crippen LogP contribution in [0.3, 0.4) is 0 Å². The average Bonchev–Trinajstić information content (AvgIpc) is 2.62. The van der Waals surface area contributed by atoms with E-state index in [9.17, 15) is 4.57 Å². The number of unbranched alkanes of at least 4 members (excludes halogenated alkanes) is 6. The first kappa shape index (κ1) is 23.1. The van der Waals surface area contributed by atoms with Crippen LogP contribution in [0.2, 0.25) is 0 Å². The summed E-state index contributed by atoms with van der Waals surface area (Å²) in [7, 11) is -0.274. The third-order valence-electron chi connectivity index (χ3n) is 4.97. The number of methoxy groups -OCH3 is 1. The highest BCUT2D eigenvalue weighted by molar-refractivity contribution is 7.53. The van der Waals surface area contributed by atoms with Crippen molar-refractivity contribution >= 4 is 7.60 Å². The van der Waals surface area contributed by atoms with Gasteiger partial charge in [-0.15, -0.1) is 0 Å². The van der Waals surface area contributed by atoms with Crippen molar-refractivity contribution in [3.05, 3.63) is 0 Å². The summed E-state index contributed by atoms with van der Waals surface area (Å²) in [4.78, 5) is 0. The minimum absolute atomic E-state index is 0.133. The smallest absolute Gasteiger partial charge is 0.344 e. The standard InChI is InChI=1S/C18H38NO5P/c1-5-6-7-8-9-10-11-12-16-18(24-25(20,14-19)22-4)17(21-3)15(2)13-23-16/h15-18H,5-14,19H2,1-4H3/t15-,16-,17-,18+,25?/m0/s1. The molecule has 0 saturated carbocycles. The lowest BCUT2D eigenvalue weighted by atomic mass is 9.91. The molecule has 1 rings (SSSR count). The van der Waals surface area contributed by atoms with Crippen LogP contribution in [0.5, 0.6) is 0 Å². The van der Waals surface area contributed by atoms with Gasteiger partial charge >= 0.3 is 7.60 Å². The van der Waals surface area contributed by atoms with Crippen molar-refractivity contribution < 1.29 is 23.1 Å². The first-order valence-electron chi connectivity index (χ1n) is 9.69. The van der Waals surface area contributed by atoms with E-state index < -0.39 is 13.7 Å². The van der Waals surface area contributed by atoms with Gasteiger partial charge in [0, 0.05) is 20.1 Å². The predicted molar refractivity (Wildman–Crippen MR) is 101 cm³/mol. The van der Waals surface area contributed by atoms with Gasteiger partial charge in [-0.25, -0.2) is 0 Å². The van der Waals surface area contributed by atoms with Gasteiger partial charge in [-0.1, -0.05) is 58.8 Å². The highest BCUT2D eigenvalue weighted by Gasteiger charge is 2.43. The summed E-state index contributed by atoms with van der Waals surface area (Å²) in [5.74, 6) is 0.170. The van der Waals surface area contributed by atoms with Gasteiger partial charge < -0.3 is 19.7 Å². The number of nitrogens with two attached hydrogens (primary N) is 1. The number of ether oxygens (including phenoxy) is 2. The van der Waals surface area contributed by atoms with Gasteiger partial charge in [-0.2, -0.15) is 0 Å². The van der Waals surface area contributed by atoms with Crippen LogP contribution in [0.25, 0.3) is 0 Å². The molecule has 6 nitrogen and oxygen atoms in total. The normalized spacial score (nSPS) is 29.5. The van der Waals surface area contributed by atoms with Crippen molar-refractivity contribution in [3.63, 3.8) is 0 Å². The number of rotatable bonds is 13. The van der Waals surface area contributed by atoms with E-state index >= 15 is 0 Å². The molecule has 0 aliphatic carbocycles. The van der Waals surface area contributed by atoms with Crippen molar-refractivity contribution in [1.29, 1.82) is 0 Å². The van der Waals surface area contributed by atoms with Crippen molar-refractivity contribution in [3.8, 4) is 0 Å². The molecule has 0 aromatic carbocycles. The van der Waals surface area contributed by atoms with E-state index in [1.165, 1.54) is 45.6 Å². The van der Waals surface area contributed by atoms with Crippen LogP contribution < -0.4 is 5.73 Å². The summed E-state index contributed by atoms with van der Waals surface area (Å²) in [6, 6.07) is 0. The van der Waals surface area contributed by atoms with Crippen LogP contribution in [0.1, 0.15) is 65.2 Å². The van der Waals surface area contributed by atoms with Gasteiger partial charge in [0.2, 0.25) is 0 Å². The van der Waals surface area contributed by atoms with Crippen LogP contribution in [-0.4, -0.2) is 45.4 Å². The van der Waals surface area contributed by atoms with Crippen molar-refractivity contribution in [2.45, 2.75) is 83.5 Å². The molecule has 2 N–H and O–H groups in total. The van der Waals surface area contributed by atoms with Crippen molar-refractivity contribution in [1.82, 2.24) is 0 Å². The lowest BCUT2D eigenvalue weighted by Gasteiger charge is -2.41. The zero-order valence-electron chi connectivity index (χ0n) is 16.4. The van der Waals surface area contributed by atoms with E-state index in [2.05, 4.69) is 13.8 Å². The van der Waals surface area contributed by atoms with Crippen LogP contribution >= 0.6 is 7.60 Å². The lowest BCUT2D eigenvalue weighted by Crippen LogP contribution is -2.51. The molecule has 1 aliphatic rings. The summed E-state index contributed by atoms with van der Waals surface area (Å²) in [5, 5.41) is 0. The molecule has 7 heteroatoms. The number of hydrogen-bond acceptors (Lipinski definition) is 6. The molecule has 1 unspecified atom stereocenters. The maximum Gasteiger partial charge on any atom is 0.344 e. The summed E-state index contributed by atoms with van der Waals surface area (Å²) < 4.78 is 35.0. The number of hydrogen-bond donors (Lipinski definition) is 1. The second-order valence-corrected chi connectivity index (χ2v) is 9.17. The Balaban J connectivity index is 2.57. The van der Waals surface area contributed by atoms with E-state index in [1.807, 2.05) is 0 Å². The molecule has 1 fully saturated rings. The first-order chi connectivity index (χ1) is 12.0. The third kappa shape index (κ3) is 7.66. The Kier molecular flexibility index (Phi) is 11.5. The van der Waals surface area contributed by atoms with Gasteiger partial charge in [0.1, 0.15) is 6.10 Å². The lowest BCUT2D eigenvalue weighted by molar-refractivity contribution is -0.165. The topological polar surface area (TPSA) is 80.0 Å². The molecular formula is C18H38NO5P. The minimum atomic E-state index is -3.30. The van der Waals surface area contributed by atoms with E-state index in [0.717, 1.165) is 12.8 Å². The molecule has 0 aromatic heterocycles. The van der Waals surface area contributed by atoms with E-state index in [1.54, 1.807) is 7.11 Å². The zero-order chi connectivity index (χ0) is 18.7. The quantitative estimate of drug-likeness (QED) is 0.379. The van der Waals surface area contributed by atoms with E-state index in [4.69, 9.17) is 24.3 Å². The molecule has 1 saturated heterocycles. The SMILES string of the molecule is CCCCCCCCC[C@@H]1OC[C@H](C)[C@H](OC)[C@@H]1OP(=O)(CN)OC. The Hall–Kier alpha value is 0.0300. The van der Waals surface area contributed by atoms with Gasteiger partial charge in [-0.3, -0.25) is 9.09 Å². The minimum Gasteiger partial charge on any atom is -0.378 e. The van der Waals surface area contributed by atoms with Crippen molar-refractivity contribution in [2.24, 2.45) is 11.7 Å². The Morgan fingerprint density at radius 1 is 1.08 bits per heavy atom. The molecule has 0 amide bonds. The molecule has 0 bridgehead atoms. The molecular weight excluding hydrogens is 341 g/mol. The Morgan fingerprint density at radius 3 is 2.28 bits per heavy atom. The monoisotopic (exact) mass is 379 g/mol. The van der Waals surface area contributed by atoms with Gasteiger partial charge in [0.05, 0.1) is 25.1 Å². The molecule has 5 atom stereocenters. The molecule has 0 spiro atoms. The first-order valence-corrected chi connectivity index (χ1v) is 11.4. The summed E-state index contributed by atoms with van der Waals surface area (Å²) in [6.07, 6.45) is 8.72. The predicted octanol–water partition coefficient (Wildman–Crippen LogP) is 4.32. The molecule has 1 heterocycles. The van der Waals surface area contributed by atoms with Crippen molar-refractivity contribution in [2.75, 3.05) is 27.1 Å². The Labute approximate surface area is 153 Å². The summed E-state index contributed by atoms with van der Waals surface area (Å²) >= 11 is 0. The van der Waals surface area contributed by atoms with Crippen LogP contribution in [0.4, 0.5) is 0 Å². The summed E-state index contributed by atoms with van der Waals surface area (Å²) in [6.45, 7) is 4.90. The largest absolute Gasteiger partial charge is 0.378 e. The van der Waals surface area contributed by atoms with Crippen LogP contribution in [0.15, 0.2) is 0 Å². The second kappa shape index (κ2) is 12.4.